The lowest BCUT2D eigenvalue weighted by Crippen LogP contribution is -2.44. The molecule has 1 aromatic rings. The summed E-state index contributed by atoms with van der Waals surface area (Å²) in [6.07, 6.45) is 0.408. The van der Waals surface area contributed by atoms with E-state index in [1.54, 1.807) is 12.1 Å². The molecule has 1 unspecified atom stereocenters. The van der Waals surface area contributed by atoms with Crippen molar-refractivity contribution in [3.05, 3.63) is 30.2 Å². The van der Waals surface area contributed by atoms with E-state index in [9.17, 15) is 18.0 Å². The molecule has 0 radical (unpaired) electrons. The standard InChI is InChI=1S/C13H14F3NO2/c14-13(15,16)10-3-1-7-17(9-10)12(18)6-5-11-4-2-8-19-11/h2,4-6,8,10H,1,3,7,9H2. The molecule has 1 aliphatic rings. The monoisotopic (exact) mass is 273 g/mol. The average Bonchev–Trinajstić information content (AvgIpc) is 2.88. The van der Waals surface area contributed by atoms with E-state index in [0.717, 1.165) is 0 Å². The molecule has 0 aromatic carbocycles. The molecule has 1 aromatic heterocycles. The van der Waals surface area contributed by atoms with E-state index in [1.807, 2.05) is 0 Å². The quantitative estimate of drug-likeness (QED) is 0.776. The third-order valence-electron chi connectivity index (χ3n) is 3.13. The largest absolute Gasteiger partial charge is 0.465 e. The highest BCUT2D eigenvalue weighted by atomic mass is 19.4. The van der Waals surface area contributed by atoms with Gasteiger partial charge in [-0.2, -0.15) is 13.2 Å². The summed E-state index contributed by atoms with van der Waals surface area (Å²) in [4.78, 5) is 13.0. The maximum atomic E-state index is 12.6. The van der Waals surface area contributed by atoms with Crippen molar-refractivity contribution >= 4 is 12.0 Å². The Morgan fingerprint density at radius 2 is 2.26 bits per heavy atom. The van der Waals surface area contributed by atoms with E-state index in [0.29, 0.717) is 18.7 Å². The summed E-state index contributed by atoms with van der Waals surface area (Å²) in [6, 6.07) is 3.34. The van der Waals surface area contributed by atoms with E-state index >= 15 is 0 Å². The topological polar surface area (TPSA) is 33.5 Å². The molecule has 19 heavy (non-hydrogen) atoms. The average molecular weight is 273 g/mol. The van der Waals surface area contributed by atoms with Crippen LogP contribution in [-0.4, -0.2) is 30.1 Å². The van der Waals surface area contributed by atoms with Gasteiger partial charge in [0.2, 0.25) is 5.91 Å². The molecule has 6 heteroatoms. The number of likely N-dealkylation sites (tertiary alicyclic amines) is 1. The second-order valence-corrected chi connectivity index (χ2v) is 4.51. The number of amides is 1. The normalized spacial score (nSPS) is 21.0. The van der Waals surface area contributed by atoms with Crippen LogP contribution in [-0.2, 0) is 4.79 Å². The van der Waals surface area contributed by atoms with Crippen molar-refractivity contribution in [2.24, 2.45) is 5.92 Å². The molecule has 0 bridgehead atoms. The Labute approximate surface area is 108 Å². The molecule has 1 saturated heterocycles. The van der Waals surface area contributed by atoms with Gasteiger partial charge in [0.05, 0.1) is 12.2 Å². The van der Waals surface area contributed by atoms with Crippen molar-refractivity contribution < 1.29 is 22.4 Å². The van der Waals surface area contributed by atoms with Crippen LogP contribution in [0.25, 0.3) is 6.08 Å². The van der Waals surface area contributed by atoms with Crippen LogP contribution in [0.15, 0.2) is 28.9 Å². The van der Waals surface area contributed by atoms with Crippen molar-refractivity contribution in [1.29, 1.82) is 0 Å². The van der Waals surface area contributed by atoms with Gasteiger partial charge in [-0.1, -0.05) is 0 Å². The maximum Gasteiger partial charge on any atom is 0.393 e. The lowest BCUT2D eigenvalue weighted by molar-refractivity contribution is -0.187. The molecule has 0 saturated carbocycles. The Morgan fingerprint density at radius 3 is 2.89 bits per heavy atom. The molecule has 1 amide bonds. The van der Waals surface area contributed by atoms with Gasteiger partial charge in [0, 0.05) is 19.2 Å². The summed E-state index contributed by atoms with van der Waals surface area (Å²) in [7, 11) is 0. The molecule has 2 heterocycles. The van der Waals surface area contributed by atoms with Crippen LogP contribution in [0, 0.1) is 5.92 Å². The number of alkyl halides is 3. The van der Waals surface area contributed by atoms with Crippen LogP contribution >= 0.6 is 0 Å². The molecule has 1 fully saturated rings. The molecular weight excluding hydrogens is 259 g/mol. The first-order valence-corrected chi connectivity index (χ1v) is 6.04. The van der Waals surface area contributed by atoms with Gasteiger partial charge in [-0.25, -0.2) is 0 Å². The molecule has 1 aliphatic heterocycles. The molecule has 0 N–H and O–H groups in total. The number of rotatable bonds is 2. The molecule has 1 atom stereocenters. The van der Waals surface area contributed by atoms with E-state index in [-0.39, 0.29) is 13.0 Å². The number of carbonyl (C=O) groups is 1. The van der Waals surface area contributed by atoms with Crippen LogP contribution < -0.4 is 0 Å². The first kappa shape index (κ1) is 13.7. The number of nitrogens with zero attached hydrogens (tertiary/aromatic N) is 1. The minimum Gasteiger partial charge on any atom is -0.465 e. The lowest BCUT2D eigenvalue weighted by atomic mass is 9.97. The molecule has 104 valence electrons. The van der Waals surface area contributed by atoms with Gasteiger partial charge in [-0.05, 0) is 31.1 Å². The summed E-state index contributed by atoms with van der Waals surface area (Å²) < 4.78 is 42.9. The fourth-order valence-corrected chi connectivity index (χ4v) is 2.09. The summed E-state index contributed by atoms with van der Waals surface area (Å²) in [5.74, 6) is -1.33. The summed E-state index contributed by atoms with van der Waals surface area (Å²) >= 11 is 0. The minimum absolute atomic E-state index is 0.0924. The van der Waals surface area contributed by atoms with Gasteiger partial charge in [-0.15, -0.1) is 0 Å². The predicted octanol–water partition coefficient (Wildman–Crippen LogP) is 3.09. The van der Waals surface area contributed by atoms with Crippen LogP contribution in [0.2, 0.25) is 0 Å². The van der Waals surface area contributed by atoms with Crippen LogP contribution in [0.5, 0.6) is 0 Å². The Balaban J connectivity index is 1.96. The second-order valence-electron chi connectivity index (χ2n) is 4.51. The Hall–Kier alpha value is -1.72. The highest BCUT2D eigenvalue weighted by Crippen LogP contribution is 2.33. The number of hydrogen-bond acceptors (Lipinski definition) is 2. The maximum absolute atomic E-state index is 12.6. The lowest BCUT2D eigenvalue weighted by Gasteiger charge is -2.33. The van der Waals surface area contributed by atoms with E-state index in [1.165, 1.54) is 23.3 Å². The second kappa shape index (κ2) is 5.50. The number of piperidine rings is 1. The van der Waals surface area contributed by atoms with E-state index in [4.69, 9.17) is 4.42 Å². The fourth-order valence-electron chi connectivity index (χ4n) is 2.09. The third kappa shape index (κ3) is 3.62. The number of carbonyl (C=O) groups excluding carboxylic acids is 1. The SMILES string of the molecule is O=C(C=Cc1ccco1)N1CCCC(C(F)(F)F)C1. The Morgan fingerprint density at radius 1 is 1.47 bits per heavy atom. The first-order valence-electron chi connectivity index (χ1n) is 6.04. The molecule has 0 spiro atoms. The summed E-state index contributed by atoms with van der Waals surface area (Å²) in [6.45, 7) is 0.110. The smallest absolute Gasteiger partial charge is 0.393 e. The molecule has 3 nitrogen and oxygen atoms in total. The highest BCUT2D eigenvalue weighted by Gasteiger charge is 2.42. The van der Waals surface area contributed by atoms with Crippen molar-refractivity contribution in [2.45, 2.75) is 19.0 Å². The number of halogens is 3. The number of hydrogen-bond donors (Lipinski definition) is 0. The summed E-state index contributed by atoms with van der Waals surface area (Å²) in [5.41, 5.74) is 0. The van der Waals surface area contributed by atoms with Crippen molar-refractivity contribution in [2.75, 3.05) is 13.1 Å². The van der Waals surface area contributed by atoms with Crippen molar-refractivity contribution in [1.82, 2.24) is 4.90 Å². The van der Waals surface area contributed by atoms with Gasteiger partial charge in [0.15, 0.2) is 0 Å². The highest BCUT2D eigenvalue weighted by molar-refractivity contribution is 5.91. The third-order valence-corrected chi connectivity index (χ3v) is 3.13. The Bertz CT molecular complexity index is 451. The zero-order valence-corrected chi connectivity index (χ0v) is 10.2. The zero-order valence-electron chi connectivity index (χ0n) is 10.2. The van der Waals surface area contributed by atoms with Gasteiger partial charge < -0.3 is 9.32 Å². The van der Waals surface area contributed by atoms with Gasteiger partial charge >= 0.3 is 6.18 Å². The number of furan rings is 1. The molecular formula is C13H14F3NO2. The van der Waals surface area contributed by atoms with Crippen LogP contribution in [0.1, 0.15) is 18.6 Å². The van der Waals surface area contributed by atoms with Gasteiger partial charge in [0.1, 0.15) is 5.76 Å². The molecule has 2 rings (SSSR count). The van der Waals surface area contributed by atoms with Crippen molar-refractivity contribution in [3.63, 3.8) is 0 Å². The van der Waals surface area contributed by atoms with Crippen molar-refractivity contribution in [3.8, 4) is 0 Å². The fraction of sp³-hybridized carbons (Fsp3) is 0.462. The predicted molar refractivity (Wildman–Crippen MR) is 63.1 cm³/mol. The molecule has 0 aliphatic carbocycles. The van der Waals surface area contributed by atoms with Gasteiger partial charge in [-0.3, -0.25) is 4.79 Å². The van der Waals surface area contributed by atoms with Crippen LogP contribution in [0.4, 0.5) is 13.2 Å². The van der Waals surface area contributed by atoms with E-state index < -0.39 is 18.0 Å². The minimum atomic E-state index is -4.23. The zero-order chi connectivity index (χ0) is 13.9. The summed E-state index contributed by atoms with van der Waals surface area (Å²) in [5, 5.41) is 0. The first-order chi connectivity index (χ1) is 8.97. The van der Waals surface area contributed by atoms with Gasteiger partial charge in [0.25, 0.3) is 0 Å². The van der Waals surface area contributed by atoms with Crippen LogP contribution in [0.3, 0.4) is 0 Å². The van der Waals surface area contributed by atoms with E-state index in [2.05, 4.69) is 0 Å². The Kier molecular flexibility index (Phi) is 3.97.